The first-order chi connectivity index (χ1) is 9.22. The van der Waals surface area contributed by atoms with Gasteiger partial charge in [-0.05, 0) is 44.0 Å². The lowest BCUT2D eigenvalue weighted by atomic mass is 10.1. The molecule has 106 valence electrons. The van der Waals surface area contributed by atoms with Crippen LogP contribution in [-0.4, -0.2) is 42.9 Å². The molecule has 0 saturated carbocycles. The zero-order chi connectivity index (χ0) is 13.7. The van der Waals surface area contributed by atoms with Crippen molar-refractivity contribution in [3.8, 4) is 11.5 Å². The quantitative estimate of drug-likeness (QED) is 0.887. The molecule has 1 aliphatic rings. The first-order valence-electron chi connectivity index (χ1n) is 6.92. The van der Waals surface area contributed by atoms with Crippen molar-refractivity contribution in [1.29, 1.82) is 0 Å². The molecule has 0 spiro atoms. The first-order valence-corrected chi connectivity index (χ1v) is 6.92. The molecule has 4 heteroatoms. The first kappa shape index (κ1) is 14.2. The minimum Gasteiger partial charge on any atom is -0.504 e. The summed E-state index contributed by atoms with van der Waals surface area (Å²) in [6.45, 7) is 5.74. The van der Waals surface area contributed by atoms with E-state index in [1.165, 1.54) is 6.42 Å². The summed E-state index contributed by atoms with van der Waals surface area (Å²) in [5.41, 5.74) is 1.11. The number of ether oxygens (including phenoxy) is 2. The Labute approximate surface area is 114 Å². The fourth-order valence-electron chi connectivity index (χ4n) is 2.62. The highest BCUT2D eigenvalue weighted by Gasteiger charge is 2.20. The Morgan fingerprint density at radius 1 is 1.42 bits per heavy atom. The molecule has 4 nitrogen and oxygen atoms in total. The third-order valence-corrected chi connectivity index (χ3v) is 3.51. The summed E-state index contributed by atoms with van der Waals surface area (Å²) in [5.74, 6) is 0.730. The van der Waals surface area contributed by atoms with E-state index in [0.717, 1.165) is 38.2 Å². The molecule has 1 unspecified atom stereocenters. The van der Waals surface area contributed by atoms with Gasteiger partial charge in [0, 0.05) is 19.7 Å². The lowest BCUT2D eigenvalue weighted by molar-refractivity contribution is 0.00362. The van der Waals surface area contributed by atoms with Crippen LogP contribution in [0.2, 0.25) is 0 Å². The molecule has 0 amide bonds. The number of hydrogen-bond acceptors (Lipinski definition) is 4. The van der Waals surface area contributed by atoms with Gasteiger partial charge < -0.3 is 14.6 Å². The van der Waals surface area contributed by atoms with E-state index in [1.807, 2.05) is 19.1 Å². The predicted molar refractivity (Wildman–Crippen MR) is 74.6 cm³/mol. The molecule has 0 aromatic heterocycles. The highest BCUT2D eigenvalue weighted by atomic mass is 16.5. The van der Waals surface area contributed by atoms with Crippen LogP contribution in [0.3, 0.4) is 0 Å². The van der Waals surface area contributed by atoms with Crippen molar-refractivity contribution < 1.29 is 14.6 Å². The van der Waals surface area contributed by atoms with E-state index in [9.17, 15) is 5.11 Å². The van der Waals surface area contributed by atoms with Crippen LogP contribution in [-0.2, 0) is 11.3 Å². The monoisotopic (exact) mass is 265 g/mol. The Morgan fingerprint density at radius 2 is 2.26 bits per heavy atom. The van der Waals surface area contributed by atoms with Crippen molar-refractivity contribution in [2.45, 2.75) is 32.4 Å². The van der Waals surface area contributed by atoms with Gasteiger partial charge in [0.1, 0.15) is 0 Å². The number of phenols is 1. The third-order valence-electron chi connectivity index (χ3n) is 3.51. The second kappa shape index (κ2) is 6.78. The smallest absolute Gasteiger partial charge is 0.160 e. The highest BCUT2D eigenvalue weighted by molar-refractivity contribution is 5.41. The number of hydrogen-bond donors (Lipinski definition) is 1. The van der Waals surface area contributed by atoms with E-state index in [0.29, 0.717) is 11.9 Å². The fourth-order valence-corrected chi connectivity index (χ4v) is 2.62. The number of benzene rings is 1. The second-order valence-electron chi connectivity index (χ2n) is 4.96. The van der Waals surface area contributed by atoms with Crippen molar-refractivity contribution in [2.24, 2.45) is 0 Å². The van der Waals surface area contributed by atoms with Crippen LogP contribution in [0, 0.1) is 0 Å². The normalized spacial score (nSPS) is 20.4. The molecule has 0 aliphatic carbocycles. The van der Waals surface area contributed by atoms with Gasteiger partial charge in [-0.2, -0.15) is 0 Å². The van der Waals surface area contributed by atoms with Crippen LogP contribution in [0.25, 0.3) is 0 Å². The van der Waals surface area contributed by atoms with E-state index >= 15 is 0 Å². The minimum atomic E-state index is 0.207. The highest BCUT2D eigenvalue weighted by Crippen LogP contribution is 2.27. The summed E-state index contributed by atoms with van der Waals surface area (Å²) in [5, 5.41) is 9.79. The molecule has 2 rings (SSSR count). The van der Waals surface area contributed by atoms with E-state index in [-0.39, 0.29) is 5.75 Å². The lowest BCUT2D eigenvalue weighted by Crippen LogP contribution is -2.39. The van der Waals surface area contributed by atoms with Crippen molar-refractivity contribution in [3.05, 3.63) is 23.8 Å². The topological polar surface area (TPSA) is 41.9 Å². The number of rotatable bonds is 5. The van der Waals surface area contributed by atoms with Gasteiger partial charge >= 0.3 is 0 Å². The van der Waals surface area contributed by atoms with Gasteiger partial charge in [-0.15, -0.1) is 0 Å². The average molecular weight is 265 g/mol. The Morgan fingerprint density at radius 3 is 2.95 bits per heavy atom. The predicted octanol–water partition coefficient (Wildman–Crippen LogP) is 2.40. The maximum absolute atomic E-state index is 9.79. The molecule has 1 fully saturated rings. The van der Waals surface area contributed by atoms with Crippen molar-refractivity contribution >= 4 is 0 Å². The number of phenolic OH excluding ortho intramolecular Hbond substituents is 1. The SMILES string of the molecule is CCOC1CCCN(Cc2ccc(OC)c(O)c2)C1. The summed E-state index contributed by atoms with van der Waals surface area (Å²) in [4.78, 5) is 2.38. The standard InChI is InChI=1S/C15H23NO3/c1-3-19-13-5-4-8-16(11-13)10-12-6-7-15(18-2)14(17)9-12/h6-7,9,13,17H,3-5,8,10-11H2,1-2H3. The molecule has 1 heterocycles. The van der Waals surface area contributed by atoms with E-state index in [2.05, 4.69) is 4.90 Å². The van der Waals surface area contributed by atoms with Gasteiger partial charge in [0.25, 0.3) is 0 Å². The summed E-state index contributed by atoms with van der Waals surface area (Å²) in [6.07, 6.45) is 2.68. The van der Waals surface area contributed by atoms with Crippen molar-refractivity contribution in [3.63, 3.8) is 0 Å². The maximum Gasteiger partial charge on any atom is 0.160 e. The Kier molecular flexibility index (Phi) is 5.05. The van der Waals surface area contributed by atoms with Crippen molar-refractivity contribution in [1.82, 2.24) is 4.90 Å². The molecule has 1 saturated heterocycles. The van der Waals surface area contributed by atoms with Crippen LogP contribution in [0.1, 0.15) is 25.3 Å². The Hall–Kier alpha value is -1.26. The maximum atomic E-state index is 9.79. The number of methoxy groups -OCH3 is 1. The van der Waals surface area contributed by atoms with Gasteiger partial charge in [0.05, 0.1) is 13.2 Å². The largest absolute Gasteiger partial charge is 0.504 e. The molecule has 1 aromatic rings. The molecular weight excluding hydrogens is 242 g/mol. The summed E-state index contributed by atoms with van der Waals surface area (Å²) in [7, 11) is 1.56. The molecule has 1 N–H and O–H groups in total. The Bertz CT molecular complexity index is 406. The minimum absolute atomic E-state index is 0.207. The zero-order valence-electron chi connectivity index (χ0n) is 11.8. The number of aromatic hydroxyl groups is 1. The molecule has 0 bridgehead atoms. The van der Waals surface area contributed by atoms with E-state index < -0.39 is 0 Å². The van der Waals surface area contributed by atoms with Crippen LogP contribution in [0.4, 0.5) is 0 Å². The Balaban J connectivity index is 1.94. The lowest BCUT2D eigenvalue weighted by Gasteiger charge is -2.32. The number of nitrogens with zero attached hydrogens (tertiary/aromatic N) is 1. The van der Waals surface area contributed by atoms with Gasteiger partial charge in [-0.25, -0.2) is 0 Å². The average Bonchev–Trinajstić information content (AvgIpc) is 2.40. The van der Waals surface area contributed by atoms with E-state index in [4.69, 9.17) is 9.47 Å². The molecule has 1 aliphatic heterocycles. The van der Waals surface area contributed by atoms with Crippen LogP contribution < -0.4 is 4.74 Å². The van der Waals surface area contributed by atoms with Crippen LogP contribution in [0.5, 0.6) is 11.5 Å². The molecule has 0 radical (unpaired) electrons. The number of likely N-dealkylation sites (tertiary alicyclic amines) is 1. The fraction of sp³-hybridized carbons (Fsp3) is 0.600. The summed E-state index contributed by atoms with van der Waals surface area (Å²) < 4.78 is 10.8. The summed E-state index contributed by atoms with van der Waals surface area (Å²) in [6, 6.07) is 5.60. The molecule has 19 heavy (non-hydrogen) atoms. The van der Waals surface area contributed by atoms with Gasteiger partial charge in [-0.1, -0.05) is 6.07 Å². The third kappa shape index (κ3) is 3.85. The molecular formula is C15H23NO3. The molecule has 1 aromatic carbocycles. The van der Waals surface area contributed by atoms with Crippen molar-refractivity contribution in [2.75, 3.05) is 26.8 Å². The summed E-state index contributed by atoms with van der Waals surface area (Å²) >= 11 is 0. The zero-order valence-corrected chi connectivity index (χ0v) is 11.8. The van der Waals surface area contributed by atoms with E-state index in [1.54, 1.807) is 13.2 Å². The van der Waals surface area contributed by atoms with Crippen LogP contribution in [0.15, 0.2) is 18.2 Å². The van der Waals surface area contributed by atoms with Crippen LogP contribution >= 0.6 is 0 Å². The number of piperidine rings is 1. The van der Waals surface area contributed by atoms with Gasteiger partial charge in [0.2, 0.25) is 0 Å². The van der Waals surface area contributed by atoms with Gasteiger partial charge in [-0.3, -0.25) is 4.90 Å². The second-order valence-corrected chi connectivity index (χ2v) is 4.96. The molecule has 1 atom stereocenters. The van der Waals surface area contributed by atoms with Gasteiger partial charge in [0.15, 0.2) is 11.5 Å².